The summed E-state index contributed by atoms with van der Waals surface area (Å²) in [5.74, 6) is -0.225. The summed E-state index contributed by atoms with van der Waals surface area (Å²) in [6, 6.07) is 4.54. The number of amides is 3. The Morgan fingerprint density at radius 3 is 2.42 bits per heavy atom. The van der Waals surface area contributed by atoms with Crippen LogP contribution < -0.4 is 11.0 Å². The van der Waals surface area contributed by atoms with E-state index >= 15 is 0 Å². The topological polar surface area (TPSA) is 128 Å². The molecule has 11 heteroatoms. The number of nitrogens with one attached hydrogen (secondary N) is 1. The third-order valence-corrected chi connectivity index (χ3v) is 7.05. The van der Waals surface area contributed by atoms with E-state index in [0.29, 0.717) is 23.4 Å². The lowest BCUT2D eigenvalue weighted by molar-refractivity contribution is -0.135. The van der Waals surface area contributed by atoms with Gasteiger partial charge in [-0.1, -0.05) is 6.07 Å². The third-order valence-electron chi connectivity index (χ3n) is 7.05. The average Bonchev–Trinajstić information content (AvgIpc) is 3.12. The lowest BCUT2D eigenvalue weighted by Crippen LogP contribution is -2.44. The Labute approximate surface area is 219 Å². The molecule has 2 atom stereocenters. The molecular weight excluding hydrogens is 488 g/mol. The van der Waals surface area contributed by atoms with Crippen LogP contribution in [-0.2, 0) is 21.4 Å². The van der Waals surface area contributed by atoms with Crippen molar-refractivity contribution in [3.8, 4) is 11.1 Å². The first-order chi connectivity index (χ1) is 18.0. The molecule has 2 unspecified atom stereocenters. The van der Waals surface area contributed by atoms with Crippen molar-refractivity contribution in [3.63, 3.8) is 0 Å². The Bertz CT molecular complexity index is 1470. The predicted octanol–water partition coefficient (Wildman–Crippen LogP) is 3.24. The van der Waals surface area contributed by atoms with Gasteiger partial charge in [0.1, 0.15) is 11.6 Å². The molecule has 1 N–H and O–H groups in total. The first-order valence-corrected chi connectivity index (χ1v) is 12.9. The van der Waals surface area contributed by atoms with Crippen molar-refractivity contribution in [3.05, 3.63) is 46.9 Å². The van der Waals surface area contributed by atoms with Gasteiger partial charge in [-0.15, -0.1) is 0 Å². The molecule has 2 saturated heterocycles. The van der Waals surface area contributed by atoms with E-state index in [1.165, 1.54) is 9.13 Å². The average molecular weight is 521 g/mol. The van der Waals surface area contributed by atoms with Crippen molar-refractivity contribution in [2.24, 2.45) is 7.05 Å². The molecule has 4 heterocycles. The smallest absolute Gasteiger partial charge is 0.410 e. The van der Waals surface area contributed by atoms with Gasteiger partial charge < -0.3 is 4.74 Å². The molecule has 3 aromatic rings. The molecule has 5 rings (SSSR count). The fourth-order valence-corrected chi connectivity index (χ4v) is 5.17. The Kier molecular flexibility index (Phi) is 6.54. The largest absolute Gasteiger partial charge is 0.444 e. The summed E-state index contributed by atoms with van der Waals surface area (Å²) in [6.07, 6.45) is 6.20. The number of carbonyl (C=O) groups is 3. The van der Waals surface area contributed by atoms with E-state index in [4.69, 9.17) is 4.74 Å². The van der Waals surface area contributed by atoms with Crippen LogP contribution in [0.2, 0.25) is 0 Å². The molecule has 2 aromatic heterocycles. The number of aromatic nitrogens is 4. The van der Waals surface area contributed by atoms with E-state index in [-0.39, 0.29) is 36.6 Å². The van der Waals surface area contributed by atoms with E-state index in [9.17, 15) is 19.2 Å². The molecule has 2 aliphatic heterocycles. The molecule has 2 fully saturated rings. The number of carbonyl (C=O) groups excluding carboxylic acids is 3. The number of ether oxygens (including phenoxy) is 1. The molecule has 0 radical (unpaired) electrons. The fourth-order valence-electron chi connectivity index (χ4n) is 5.17. The lowest BCUT2D eigenvalue weighted by atomic mass is 10.0. The van der Waals surface area contributed by atoms with E-state index in [1.54, 1.807) is 30.4 Å². The number of fused-ring (bicyclic) bond motifs is 1. The molecule has 0 aliphatic carbocycles. The zero-order valence-electron chi connectivity index (χ0n) is 22.1. The van der Waals surface area contributed by atoms with Crippen molar-refractivity contribution in [1.29, 1.82) is 0 Å². The van der Waals surface area contributed by atoms with Crippen LogP contribution in [0.4, 0.5) is 4.79 Å². The van der Waals surface area contributed by atoms with Crippen LogP contribution in [0.25, 0.3) is 22.2 Å². The van der Waals surface area contributed by atoms with Gasteiger partial charge in [-0.2, -0.15) is 0 Å². The van der Waals surface area contributed by atoms with Gasteiger partial charge in [0.15, 0.2) is 5.82 Å². The van der Waals surface area contributed by atoms with Crippen LogP contribution in [-0.4, -0.2) is 54.1 Å². The number of likely N-dealkylation sites (tertiary alicyclic amines) is 1. The Hall–Kier alpha value is -4.02. The highest BCUT2D eigenvalue weighted by atomic mass is 16.6. The minimum atomic E-state index is -0.735. The SMILES string of the molecule is Cn1c(=O)n(C2CCC(=O)NC2=O)c2ccc(-c3cnc(C4CCCCN4C(=O)OC(C)(C)C)nc3)cc21. The number of hydrogen-bond acceptors (Lipinski definition) is 7. The van der Waals surface area contributed by atoms with E-state index < -0.39 is 17.6 Å². The van der Waals surface area contributed by atoms with Crippen LogP contribution >= 0.6 is 0 Å². The summed E-state index contributed by atoms with van der Waals surface area (Å²) in [5, 5.41) is 2.32. The highest BCUT2D eigenvalue weighted by Crippen LogP contribution is 2.32. The third kappa shape index (κ3) is 4.80. The zero-order chi connectivity index (χ0) is 27.2. The summed E-state index contributed by atoms with van der Waals surface area (Å²) in [4.78, 5) is 60.8. The molecule has 0 spiro atoms. The summed E-state index contributed by atoms with van der Waals surface area (Å²) >= 11 is 0. The number of nitrogens with zero attached hydrogens (tertiary/aromatic N) is 5. The number of rotatable bonds is 3. The first-order valence-electron chi connectivity index (χ1n) is 12.9. The van der Waals surface area contributed by atoms with Gasteiger partial charge >= 0.3 is 11.8 Å². The van der Waals surface area contributed by atoms with Gasteiger partial charge in [0.05, 0.1) is 17.1 Å². The van der Waals surface area contributed by atoms with Gasteiger partial charge in [0.2, 0.25) is 11.8 Å². The fraction of sp³-hybridized carbons (Fsp3) is 0.481. The maximum Gasteiger partial charge on any atom is 0.410 e. The molecule has 0 saturated carbocycles. The number of imidazole rings is 1. The molecule has 1 aromatic carbocycles. The van der Waals surface area contributed by atoms with Crippen LogP contribution in [0, 0.1) is 0 Å². The molecule has 38 heavy (non-hydrogen) atoms. The minimum Gasteiger partial charge on any atom is -0.444 e. The molecule has 3 amide bonds. The number of hydrogen-bond donors (Lipinski definition) is 1. The molecule has 11 nitrogen and oxygen atoms in total. The molecular formula is C27H32N6O5. The highest BCUT2D eigenvalue weighted by molar-refractivity contribution is 6.00. The van der Waals surface area contributed by atoms with Crippen molar-refractivity contribution < 1.29 is 19.1 Å². The van der Waals surface area contributed by atoms with Crippen molar-refractivity contribution in [2.45, 2.75) is 70.6 Å². The second kappa shape index (κ2) is 9.70. The monoisotopic (exact) mass is 520 g/mol. The van der Waals surface area contributed by atoms with Gasteiger partial charge in [0.25, 0.3) is 0 Å². The second-order valence-electron chi connectivity index (χ2n) is 10.9. The van der Waals surface area contributed by atoms with Crippen molar-refractivity contribution in [1.82, 2.24) is 29.3 Å². The number of benzene rings is 1. The van der Waals surface area contributed by atoms with Crippen LogP contribution in [0.15, 0.2) is 35.4 Å². The normalized spacial score (nSPS) is 20.5. The number of piperidine rings is 2. The zero-order valence-corrected chi connectivity index (χ0v) is 22.1. The summed E-state index contributed by atoms with van der Waals surface area (Å²) < 4.78 is 8.55. The van der Waals surface area contributed by atoms with Crippen LogP contribution in [0.3, 0.4) is 0 Å². The Balaban J connectivity index is 1.43. The molecule has 2 aliphatic rings. The summed E-state index contributed by atoms with van der Waals surface area (Å²) in [7, 11) is 1.66. The van der Waals surface area contributed by atoms with E-state index in [2.05, 4.69) is 15.3 Å². The lowest BCUT2D eigenvalue weighted by Gasteiger charge is -2.35. The molecule has 0 bridgehead atoms. The summed E-state index contributed by atoms with van der Waals surface area (Å²) in [5.41, 5.74) is 1.94. The van der Waals surface area contributed by atoms with Crippen molar-refractivity contribution in [2.75, 3.05) is 6.54 Å². The highest BCUT2D eigenvalue weighted by Gasteiger charge is 2.33. The van der Waals surface area contributed by atoms with E-state index in [1.807, 2.05) is 32.9 Å². The number of imide groups is 1. The quantitative estimate of drug-likeness (QED) is 0.525. The predicted molar refractivity (Wildman–Crippen MR) is 139 cm³/mol. The first kappa shape index (κ1) is 25.6. The molecule has 200 valence electrons. The van der Waals surface area contributed by atoms with Gasteiger partial charge in [-0.3, -0.25) is 28.9 Å². The second-order valence-corrected chi connectivity index (χ2v) is 10.9. The maximum atomic E-state index is 13.0. The maximum absolute atomic E-state index is 13.0. The van der Waals surface area contributed by atoms with E-state index in [0.717, 1.165) is 30.4 Å². The standard InChI is InChI=1S/C27H32N6O5/c1-27(2,3)38-26(37)32-12-6-5-7-19(32)23-28-14-17(15-29-23)16-8-9-18-21(13-16)31(4)25(36)33(18)20-10-11-22(34)30-24(20)35/h8-9,13-15,19-20H,5-7,10-12H2,1-4H3,(H,30,34,35). The van der Waals surface area contributed by atoms with Gasteiger partial charge in [0, 0.05) is 38.0 Å². The Morgan fingerprint density at radius 1 is 1.00 bits per heavy atom. The minimum absolute atomic E-state index is 0.188. The van der Waals surface area contributed by atoms with Crippen LogP contribution in [0.5, 0.6) is 0 Å². The van der Waals surface area contributed by atoms with Crippen LogP contribution in [0.1, 0.15) is 70.8 Å². The Morgan fingerprint density at radius 2 is 1.74 bits per heavy atom. The van der Waals surface area contributed by atoms with Crippen molar-refractivity contribution >= 4 is 28.9 Å². The summed E-state index contributed by atoms with van der Waals surface area (Å²) in [6.45, 7) is 6.14. The number of aryl methyl sites for hydroxylation is 1. The van der Waals surface area contributed by atoms with Gasteiger partial charge in [-0.25, -0.2) is 19.6 Å². The van der Waals surface area contributed by atoms with Gasteiger partial charge in [-0.05, 0) is 64.2 Å².